The lowest BCUT2D eigenvalue weighted by molar-refractivity contribution is -0.120. The van der Waals surface area contributed by atoms with Crippen molar-refractivity contribution in [3.63, 3.8) is 0 Å². The van der Waals surface area contributed by atoms with Gasteiger partial charge in [0.05, 0.1) is 108 Å². The van der Waals surface area contributed by atoms with Crippen molar-refractivity contribution in [3.8, 4) is 42.3 Å². The molecule has 632 valence electrons. The number of hydrogen-bond acceptors (Lipinski definition) is 31. The van der Waals surface area contributed by atoms with Gasteiger partial charge in [-0.25, -0.2) is 62.8 Å². The van der Waals surface area contributed by atoms with Crippen molar-refractivity contribution in [1.82, 2.24) is 44.9 Å². The standard InChI is InChI=1S/C21H14F2N4OS2.C17H15N3O2S2.C11H12BrNO3S.C11H15NO3S.C11H13NO3S.C7H10O2.C7H10O/c22-12-5-1-6-13(23)16(12)26-19(28)21-25-14-7-2-8-15-17(18(14)30-21)27-20(29-15)11-4-3-9-24-10-11;1-2-22-17(21)16-19-11-6-3-7-12-13(14(11)24-16)20-15(23-12)10-5-4-8-18-9-10;1-2-16-11(15)10-13-7-5-3-4-6(12)8(14)9(7)17-10;2*1-2-15-11(14)10-12-7-5-3-4-6-8(13)9(7)16-10;8-5-3-1-2-4-6-7(5)9-6;8-7-5-3-1-2-4-6-7/h1,3-6,9-10H,2,7-8H2,(H,26,28);4-5,8-9H,2-3,6-7H2,1H3;6H,2-5H2,1H3;8,13H,2-6H2,1H3;2-6H2,1H3;6-7H,1-4H2;3,5H,1-2,4,6H2. The third-order valence-corrected chi connectivity index (χ3v) is 28.3. The summed E-state index contributed by atoms with van der Waals surface area (Å²) in [6, 6.07) is 11.2. The van der Waals surface area contributed by atoms with E-state index >= 15 is 0 Å². The van der Waals surface area contributed by atoms with E-state index in [1.54, 1.807) is 75.0 Å². The number of ketones is 4. The number of carbonyl (C=O) groups excluding carboxylic acids is 9. The number of carbonyl (C=O) groups is 9. The fourth-order valence-electron chi connectivity index (χ4n) is 13.6. The second kappa shape index (κ2) is 44.1. The van der Waals surface area contributed by atoms with E-state index < -0.39 is 41.3 Å². The molecule has 25 nitrogen and oxygen atoms in total. The van der Waals surface area contributed by atoms with Crippen LogP contribution in [0.5, 0.6) is 0 Å². The topological polar surface area (TPSA) is 351 Å². The highest BCUT2D eigenvalue weighted by Crippen LogP contribution is 2.44. The Morgan fingerprint density at radius 1 is 0.492 bits per heavy atom. The van der Waals surface area contributed by atoms with Crippen LogP contribution in [-0.4, -0.2) is 146 Å². The van der Waals surface area contributed by atoms with Crippen LogP contribution in [0.1, 0.15) is 261 Å². The van der Waals surface area contributed by atoms with Gasteiger partial charge in [0.2, 0.25) is 20.0 Å². The first-order valence-corrected chi connectivity index (χ1v) is 46.8. The molecule has 10 aromatic rings. The van der Waals surface area contributed by atoms with Crippen LogP contribution in [0.2, 0.25) is 0 Å². The van der Waals surface area contributed by atoms with E-state index in [0.717, 1.165) is 245 Å². The minimum absolute atomic E-state index is 0.0208. The molecule has 2 fully saturated rings. The maximum atomic E-state index is 13.9. The normalized spacial score (nSPS) is 17.8. The van der Waals surface area contributed by atoms with Gasteiger partial charge in [0.15, 0.2) is 28.1 Å². The van der Waals surface area contributed by atoms with E-state index in [4.69, 9.17) is 33.7 Å². The first-order valence-electron chi connectivity index (χ1n) is 40.2. The summed E-state index contributed by atoms with van der Waals surface area (Å²) in [5, 5.41) is 15.6. The van der Waals surface area contributed by atoms with E-state index in [-0.39, 0.29) is 44.5 Å². The van der Waals surface area contributed by atoms with E-state index in [2.05, 4.69) is 56.1 Å². The number of aliphatic hydroxyl groups is 1. The maximum Gasteiger partial charge on any atom is 0.367 e. The third-order valence-electron chi connectivity index (χ3n) is 19.5. The summed E-state index contributed by atoms with van der Waals surface area (Å²) >= 11 is 12.9. The predicted octanol–water partition coefficient (Wildman–Crippen LogP) is 18.8. The number of anilines is 1. The number of nitrogens with one attached hydrogen (secondary N) is 1. The highest BCUT2D eigenvalue weighted by molar-refractivity contribution is 9.10. The number of Topliss-reactive ketones (excluding diaryl/α,β-unsaturated/α-hetero) is 3. The molecule has 4 unspecified atom stereocenters. The number of hydrogen-bond donors (Lipinski definition) is 2. The highest BCUT2D eigenvalue weighted by atomic mass is 79.9. The number of alkyl halides is 1. The fourth-order valence-corrected chi connectivity index (χ4v) is 21.7. The van der Waals surface area contributed by atoms with Crippen LogP contribution in [-0.2, 0) is 78.2 Å². The Morgan fingerprint density at radius 2 is 0.958 bits per heavy atom. The summed E-state index contributed by atoms with van der Waals surface area (Å²) in [5.74, 6) is -3.12. The number of fused-ring (bicyclic) bond motifs is 10. The molecule has 2 N–H and O–H groups in total. The summed E-state index contributed by atoms with van der Waals surface area (Å²) in [4.78, 5) is 150. The molecule has 0 radical (unpaired) electrons. The summed E-state index contributed by atoms with van der Waals surface area (Å²) < 4.78 is 52.6. The van der Waals surface area contributed by atoms with Gasteiger partial charge in [-0.05, 0) is 199 Å². The fraction of sp³-hybridized carbons (Fsp3) is 0.435. The second-order valence-corrected chi connectivity index (χ2v) is 36.6. The molecule has 1 saturated carbocycles. The Balaban J connectivity index is 0.000000133. The van der Waals surface area contributed by atoms with Gasteiger partial charge in [-0.1, -0.05) is 40.9 Å². The molecule has 9 aromatic heterocycles. The summed E-state index contributed by atoms with van der Waals surface area (Å²) in [5.41, 5.74) is 7.44. The molecular weight excluding hydrogens is 1740 g/mol. The monoisotopic (exact) mass is 1830 g/mol. The lowest BCUT2D eigenvalue weighted by Gasteiger charge is -2.05. The minimum atomic E-state index is -0.829. The smallest absolute Gasteiger partial charge is 0.367 e. The molecule has 1 aliphatic heterocycles. The van der Waals surface area contributed by atoms with E-state index in [9.17, 15) is 57.0 Å². The van der Waals surface area contributed by atoms with Gasteiger partial charge in [-0.3, -0.25) is 33.9 Å². The number of aliphatic hydroxyl groups excluding tert-OH is 1. The Bertz CT molecular complexity index is 5310. The van der Waals surface area contributed by atoms with Crippen molar-refractivity contribution >= 4 is 154 Å². The Morgan fingerprint density at radius 3 is 1.53 bits per heavy atom. The molecule has 7 aliphatic carbocycles. The lowest BCUT2D eigenvalue weighted by atomic mass is 10.2. The number of thiazole rings is 7. The van der Waals surface area contributed by atoms with Crippen LogP contribution in [0, 0.1) is 11.6 Å². The van der Waals surface area contributed by atoms with Gasteiger partial charge in [0.25, 0.3) is 5.91 Å². The number of para-hydroxylation sites is 1. The minimum Gasteiger partial charge on any atom is -0.461 e. The molecular formula is C85H89BrF2N10O15S7. The van der Waals surface area contributed by atoms with Crippen molar-refractivity contribution in [2.45, 2.75) is 211 Å². The van der Waals surface area contributed by atoms with Crippen molar-refractivity contribution in [2.75, 3.05) is 31.7 Å². The maximum absolute atomic E-state index is 13.9. The number of amides is 1. The predicted molar refractivity (Wildman–Crippen MR) is 461 cm³/mol. The van der Waals surface area contributed by atoms with Crippen molar-refractivity contribution in [1.29, 1.82) is 0 Å². The number of ether oxygens (including phenoxy) is 5. The van der Waals surface area contributed by atoms with Gasteiger partial charge in [0.1, 0.15) is 33.4 Å². The molecule has 0 bridgehead atoms. The Hall–Kier alpha value is -9.04. The third kappa shape index (κ3) is 23.8. The average molecular weight is 1830 g/mol. The summed E-state index contributed by atoms with van der Waals surface area (Å²) in [6.07, 6.45) is 33.6. The number of rotatable bonds is 12. The number of nitrogens with zero attached hydrogens (tertiary/aromatic N) is 9. The van der Waals surface area contributed by atoms with Crippen molar-refractivity contribution < 1.29 is 80.7 Å². The number of esters is 4. The van der Waals surface area contributed by atoms with Gasteiger partial charge < -0.3 is 34.1 Å². The zero-order valence-electron chi connectivity index (χ0n) is 66.5. The van der Waals surface area contributed by atoms with Crippen LogP contribution in [0.4, 0.5) is 14.5 Å². The van der Waals surface area contributed by atoms with Gasteiger partial charge >= 0.3 is 23.9 Å². The number of aryl methyl sites for hydroxylation is 7. The largest absolute Gasteiger partial charge is 0.461 e. The van der Waals surface area contributed by atoms with Crippen LogP contribution >= 0.6 is 95.3 Å². The molecule has 0 spiro atoms. The van der Waals surface area contributed by atoms with E-state index in [0.29, 0.717) is 75.3 Å². The van der Waals surface area contributed by atoms with E-state index in [1.165, 1.54) is 69.1 Å². The number of allylic oxidation sites excluding steroid dienone is 2. The number of benzene rings is 1. The molecule has 35 heteroatoms. The zero-order valence-corrected chi connectivity index (χ0v) is 73.8. The molecule has 10 heterocycles. The number of pyridine rings is 2. The number of halogens is 3. The lowest BCUT2D eigenvalue weighted by Crippen LogP contribution is -2.14. The SMILES string of the molecule is CCOC(=O)c1nc2c(s1)-c1nc(-c3cccnc3)sc1CCC2.CCOC(=O)c1nc2c(s1)C(=O)C(Br)CCC2.CCOC(=O)c1nc2c(s1)C(=O)CCCC2.CCOC(=O)c1nc2c(s1)C(O)CCCC2.O=C(Nc1c(F)cccc1F)c1nc2c(s1)-c1nc(-c3cccnc3)sc1CCC2.O=C1C=CCCCC1.O=C1CCCCC2OC12. The van der Waals surface area contributed by atoms with Gasteiger partial charge in [-0.15, -0.1) is 79.4 Å². The molecule has 1 aromatic carbocycles. The molecule has 4 atom stereocenters. The van der Waals surface area contributed by atoms with E-state index in [1.807, 2.05) is 36.5 Å². The first kappa shape index (κ1) is 90.2. The quantitative estimate of drug-likeness (QED) is 0.0377. The van der Waals surface area contributed by atoms with Gasteiger partial charge in [-0.2, -0.15) is 0 Å². The number of epoxide rings is 1. The summed E-state index contributed by atoms with van der Waals surface area (Å²) in [7, 11) is 0. The highest BCUT2D eigenvalue weighted by Gasteiger charge is 2.45. The zero-order chi connectivity index (χ0) is 84.8. The van der Waals surface area contributed by atoms with Crippen LogP contribution in [0.3, 0.4) is 0 Å². The van der Waals surface area contributed by atoms with Crippen LogP contribution < -0.4 is 5.32 Å². The average Bonchev–Trinajstić information content (AvgIpc) is 1.35. The van der Waals surface area contributed by atoms with Gasteiger partial charge in [0, 0.05) is 64.9 Å². The van der Waals surface area contributed by atoms with Crippen LogP contribution in [0.15, 0.2) is 79.4 Å². The Labute approximate surface area is 728 Å². The second-order valence-electron chi connectivity index (χ2n) is 28.3. The van der Waals surface area contributed by atoms with Crippen molar-refractivity contribution in [3.05, 3.63) is 169 Å². The molecule has 1 amide bonds. The number of aromatic nitrogens is 9. The summed E-state index contributed by atoms with van der Waals surface area (Å²) in [6.45, 7) is 8.43. The molecule has 1 saturated heterocycles. The van der Waals surface area contributed by atoms with Crippen molar-refractivity contribution in [2.24, 2.45) is 0 Å². The molecule has 120 heavy (non-hydrogen) atoms. The van der Waals surface area contributed by atoms with Crippen LogP contribution in [0.25, 0.3) is 42.3 Å². The Kier molecular flexibility index (Phi) is 33.2. The molecule has 18 rings (SSSR count). The molecule has 8 aliphatic rings. The first-order chi connectivity index (χ1) is 58.2.